The third-order valence-electron chi connectivity index (χ3n) is 3.54. The zero-order chi connectivity index (χ0) is 12.3. The topological polar surface area (TPSA) is 58.6 Å². The van der Waals surface area contributed by atoms with E-state index in [1.807, 2.05) is 0 Å². The van der Waals surface area contributed by atoms with Crippen molar-refractivity contribution in [1.29, 1.82) is 0 Å². The first-order chi connectivity index (χ1) is 8.18. The fourth-order valence-electron chi connectivity index (χ4n) is 2.43. The molecule has 2 amide bonds. The van der Waals surface area contributed by atoms with E-state index < -0.39 is 0 Å². The van der Waals surface area contributed by atoms with Crippen molar-refractivity contribution in [2.75, 3.05) is 20.3 Å². The molecule has 96 valence electrons. The average Bonchev–Trinajstić information content (AvgIpc) is 2.59. The number of nitrogens with zero attached hydrogens (tertiary/aromatic N) is 1. The van der Waals surface area contributed by atoms with Crippen molar-refractivity contribution in [3.05, 3.63) is 0 Å². The minimum atomic E-state index is -0.194. The number of likely N-dealkylation sites (N-methyl/N-ethyl adjacent to an activating group) is 1. The molecule has 2 aliphatic rings. The maximum Gasteiger partial charge on any atom is 0.246 e. The Balaban J connectivity index is 1.89. The number of piperidine rings is 1. The van der Waals surface area contributed by atoms with E-state index in [4.69, 9.17) is 4.74 Å². The van der Waals surface area contributed by atoms with Crippen LogP contribution in [0.15, 0.2) is 0 Å². The van der Waals surface area contributed by atoms with Crippen molar-refractivity contribution < 1.29 is 14.3 Å². The van der Waals surface area contributed by atoms with E-state index in [0.29, 0.717) is 18.9 Å². The highest BCUT2D eigenvalue weighted by molar-refractivity contribution is 6.00. The molecule has 2 unspecified atom stereocenters. The lowest BCUT2D eigenvalue weighted by atomic mass is 10.0. The van der Waals surface area contributed by atoms with Gasteiger partial charge in [0.25, 0.3) is 0 Å². The van der Waals surface area contributed by atoms with E-state index in [9.17, 15) is 9.59 Å². The number of hydrogen-bond donors (Lipinski definition) is 1. The van der Waals surface area contributed by atoms with Gasteiger partial charge in [0.1, 0.15) is 0 Å². The number of imide groups is 1. The minimum absolute atomic E-state index is 0.0720. The standard InChI is InChI=1S/C12H20N2O3/c1-14-11(15)5-4-10(12(14)16)13-9-3-2-7-17-8-6-9/h9-10,13H,2-8H2,1H3. The van der Waals surface area contributed by atoms with Gasteiger partial charge in [0.2, 0.25) is 11.8 Å². The highest BCUT2D eigenvalue weighted by Crippen LogP contribution is 2.15. The molecular formula is C12H20N2O3. The summed E-state index contributed by atoms with van der Waals surface area (Å²) in [5, 5.41) is 3.38. The Labute approximate surface area is 101 Å². The molecule has 2 rings (SSSR count). The van der Waals surface area contributed by atoms with E-state index in [1.54, 1.807) is 7.05 Å². The molecule has 2 heterocycles. The summed E-state index contributed by atoms with van der Waals surface area (Å²) in [6.45, 7) is 1.57. The van der Waals surface area contributed by atoms with Gasteiger partial charge < -0.3 is 10.1 Å². The Morgan fingerprint density at radius 2 is 2.06 bits per heavy atom. The number of amides is 2. The quantitative estimate of drug-likeness (QED) is 0.705. The molecule has 0 aromatic carbocycles. The van der Waals surface area contributed by atoms with Crippen LogP contribution in [0.3, 0.4) is 0 Å². The largest absolute Gasteiger partial charge is 0.381 e. The van der Waals surface area contributed by atoms with Crippen LogP contribution in [0.25, 0.3) is 0 Å². The van der Waals surface area contributed by atoms with Crippen molar-refractivity contribution in [2.24, 2.45) is 0 Å². The predicted octanol–water partition coefficient (Wildman–Crippen LogP) is 0.292. The smallest absolute Gasteiger partial charge is 0.246 e. The summed E-state index contributed by atoms with van der Waals surface area (Å²) >= 11 is 0. The van der Waals surface area contributed by atoms with Gasteiger partial charge in [-0.05, 0) is 25.7 Å². The summed E-state index contributed by atoms with van der Waals surface area (Å²) in [4.78, 5) is 24.5. The highest BCUT2D eigenvalue weighted by Gasteiger charge is 2.32. The summed E-state index contributed by atoms with van der Waals surface area (Å²) in [6, 6.07) is 0.147. The maximum absolute atomic E-state index is 11.9. The lowest BCUT2D eigenvalue weighted by Crippen LogP contribution is -2.54. The zero-order valence-corrected chi connectivity index (χ0v) is 10.3. The molecule has 17 heavy (non-hydrogen) atoms. The first-order valence-electron chi connectivity index (χ1n) is 6.32. The van der Waals surface area contributed by atoms with Crippen LogP contribution in [0.5, 0.6) is 0 Å². The molecule has 0 saturated carbocycles. The number of nitrogens with one attached hydrogen (secondary N) is 1. The van der Waals surface area contributed by atoms with Crippen molar-refractivity contribution >= 4 is 11.8 Å². The zero-order valence-electron chi connectivity index (χ0n) is 10.3. The van der Waals surface area contributed by atoms with Gasteiger partial charge in [-0.2, -0.15) is 0 Å². The van der Waals surface area contributed by atoms with Gasteiger partial charge in [-0.3, -0.25) is 14.5 Å². The molecular weight excluding hydrogens is 220 g/mol. The molecule has 2 aliphatic heterocycles. The lowest BCUT2D eigenvalue weighted by molar-refractivity contribution is -0.148. The van der Waals surface area contributed by atoms with E-state index >= 15 is 0 Å². The number of carbonyl (C=O) groups is 2. The predicted molar refractivity (Wildman–Crippen MR) is 62.4 cm³/mol. The fraction of sp³-hybridized carbons (Fsp3) is 0.833. The third-order valence-corrected chi connectivity index (χ3v) is 3.54. The maximum atomic E-state index is 11.9. The summed E-state index contributed by atoms with van der Waals surface area (Å²) in [5.41, 5.74) is 0. The van der Waals surface area contributed by atoms with Gasteiger partial charge in [-0.25, -0.2) is 0 Å². The molecule has 0 aromatic rings. The van der Waals surface area contributed by atoms with Gasteiger partial charge in [0.15, 0.2) is 0 Å². The number of likely N-dealkylation sites (tertiary alicyclic amines) is 1. The second kappa shape index (κ2) is 5.60. The SMILES string of the molecule is CN1C(=O)CCC(NC2CCCOCC2)C1=O. The van der Waals surface area contributed by atoms with Crippen molar-refractivity contribution in [3.8, 4) is 0 Å². The van der Waals surface area contributed by atoms with E-state index in [0.717, 1.165) is 32.5 Å². The van der Waals surface area contributed by atoms with E-state index in [-0.39, 0.29) is 17.9 Å². The second-order valence-corrected chi connectivity index (χ2v) is 4.79. The second-order valence-electron chi connectivity index (χ2n) is 4.79. The van der Waals surface area contributed by atoms with Crippen LogP contribution in [0.2, 0.25) is 0 Å². The molecule has 0 aromatic heterocycles. The monoisotopic (exact) mass is 240 g/mol. The average molecular weight is 240 g/mol. The molecule has 5 nitrogen and oxygen atoms in total. The van der Waals surface area contributed by atoms with Crippen LogP contribution < -0.4 is 5.32 Å². The van der Waals surface area contributed by atoms with Crippen LogP contribution in [0.1, 0.15) is 32.1 Å². The summed E-state index contributed by atoms with van der Waals surface area (Å²) in [7, 11) is 1.56. The Kier molecular flexibility index (Phi) is 4.12. The van der Waals surface area contributed by atoms with Crippen LogP contribution in [0, 0.1) is 0 Å². The number of carbonyl (C=O) groups excluding carboxylic acids is 2. The van der Waals surface area contributed by atoms with Crippen LogP contribution in [-0.2, 0) is 14.3 Å². The lowest BCUT2D eigenvalue weighted by Gasteiger charge is -2.31. The van der Waals surface area contributed by atoms with Crippen LogP contribution in [-0.4, -0.2) is 49.1 Å². The van der Waals surface area contributed by atoms with Crippen LogP contribution >= 0.6 is 0 Å². The van der Waals surface area contributed by atoms with Crippen molar-refractivity contribution in [1.82, 2.24) is 10.2 Å². The van der Waals surface area contributed by atoms with Crippen molar-refractivity contribution in [2.45, 2.75) is 44.2 Å². The number of hydrogen-bond acceptors (Lipinski definition) is 4. The van der Waals surface area contributed by atoms with E-state index in [2.05, 4.69) is 5.32 Å². The van der Waals surface area contributed by atoms with Gasteiger partial charge in [0, 0.05) is 32.7 Å². The van der Waals surface area contributed by atoms with Gasteiger partial charge >= 0.3 is 0 Å². The highest BCUT2D eigenvalue weighted by atomic mass is 16.5. The molecule has 0 aliphatic carbocycles. The molecule has 2 fully saturated rings. The van der Waals surface area contributed by atoms with E-state index in [1.165, 1.54) is 4.90 Å². The number of rotatable bonds is 2. The third kappa shape index (κ3) is 3.04. The van der Waals surface area contributed by atoms with Crippen LogP contribution in [0.4, 0.5) is 0 Å². The fourth-order valence-corrected chi connectivity index (χ4v) is 2.43. The van der Waals surface area contributed by atoms with Gasteiger partial charge in [-0.15, -0.1) is 0 Å². The normalized spacial score (nSPS) is 31.5. The number of ether oxygens (including phenoxy) is 1. The molecule has 0 radical (unpaired) electrons. The molecule has 2 saturated heterocycles. The summed E-state index contributed by atoms with van der Waals surface area (Å²) < 4.78 is 5.39. The first-order valence-corrected chi connectivity index (χ1v) is 6.32. The Morgan fingerprint density at radius 3 is 2.88 bits per heavy atom. The minimum Gasteiger partial charge on any atom is -0.381 e. The molecule has 5 heteroatoms. The van der Waals surface area contributed by atoms with Gasteiger partial charge in [-0.1, -0.05) is 0 Å². The van der Waals surface area contributed by atoms with Gasteiger partial charge in [0.05, 0.1) is 6.04 Å². The van der Waals surface area contributed by atoms with Crippen molar-refractivity contribution in [3.63, 3.8) is 0 Å². The Morgan fingerprint density at radius 1 is 1.24 bits per heavy atom. The Hall–Kier alpha value is -0.940. The molecule has 1 N–H and O–H groups in total. The summed E-state index contributed by atoms with van der Waals surface area (Å²) in [5.74, 6) is -0.163. The Bertz CT molecular complexity index is 298. The first kappa shape index (κ1) is 12.5. The molecule has 0 bridgehead atoms. The summed E-state index contributed by atoms with van der Waals surface area (Å²) in [6.07, 6.45) is 4.11. The molecule has 0 spiro atoms. The molecule has 2 atom stereocenters.